The Hall–Kier alpha value is -3.36. The number of carbonyl (C=O) groups is 1. The highest BCUT2D eigenvalue weighted by atomic mass is 35.5. The van der Waals surface area contributed by atoms with E-state index >= 15 is 0 Å². The zero-order chi connectivity index (χ0) is 23.7. The van der Waals surface area contributed by atoms with Gasteiger partial charge in [0.2, 0.25) is 0 Å². The summed E-state index contributed by atoms with van der Waals surface area (Å²) in [6.07, 6.45) is 1.84. The number of hydrogen-bond acceptors (Lipinski definition) is 4. The zero-order valence-electron chi connectivity index (χ0n) is 18.2. The normalized spacial score (nSPS) is 16.5. The molecule has 0 radical (unpaired) electrons. The molecule has 0 aliphatic carbocycles. The fraction of sp³-hybridized carbons (Fsp3) is 0.200. The molecule has 1 fully saturated rings. The molecule has 9 heteroatoms. The van der Waals surface area contributed by atoms with Crippen LogP contribution in [0.4, 0.5) is 5.69 Å². The number of halogens is 1. The van der Waals surface area contributed by atoms with Crippen LogP contribution in [-0.2, 0) is 10.0 Å². The van der Waals surface area contributed by atoms with E-state index < -0.39 is 10.0 Å². The Bertz CT molecular complexity index is 1400. The molecule has 0 bridgehead atoms. The number of fused-ring (bicyclic) bond motifs is 1. The molecular weight excluding hydrogens is 472 g/mol. The van der Waals surface area contributed by atoms with Crippen molar-refractivity contribution >= 4 is 44.3 Å². The molecule has 3 aromatic carbocycles. The van der Waals surface area contributed by atoms with Crippen LogP contribution in [0.25, 0.3) is 11.0 Å². The van der Waals surface area contributed by atoms with E-state index in [2.05, 4.69) is 9.71 Å². The van der Waals surface area contributed by atoms with Gasteiger partial charge in [0.05, 0.1) is 15.9 Å². The highest BCUT2D eigenvalue weighted by Crippen LogP contribution is 2.28. The van der Waals surface area contributed by atoms with Crippen LogP contribution in [0.5, 0.6) is 0 Å². The van der Waals surface area contributed by atoms with Gasteiger partial charge in [-0.1, -0.05) is 23.7 Å². The first kappa shape index (κ1) is 22.4. The van der Waals surface area contributed by atoms with E-state index in [-0.39, 0.29) is 16.7 Å². The number of piperidine rings is 1. The lowest BCUT2D eigenvalue weighted by Gasteiger charge is -2.32. The minimum Gasteiger partial charge on any atom is -0.342 e. The van der Waals surface area contributed by atoms with Crippen LogP contribution in [-0.4, -0.2) is 42.3 Å². The van der Waals surface area contributed by atoms with E-state index in [0.29, 0.717) is 29.4 Å². The van der Waals surface area contributed by atoms with Crippen LogP contribution in [0.15, 0.2) is 77.7 Å². The van der Waals surface area contributed by atoms with Gasteiger partial charge in [-0.05, 0) is 73.5 Å². The number of benzene rings is 3. The molecule has 7 nitrogen and oxygen atoms in total. The summed E-state index contributed by atoms with van der Waals surface area (Å²) in [7, 11) is -3.78. The number of para-hydroxylation sites is 2. The van der Waals surface area contributed by atoms with Crippen LogP contribution in [0.3, 0.4) is 0 Å². The largest absolute Gasteiger partial charge is 0.342 e. The number of sulfonamides is 1. The van der Waals surface area contributed by atoms with Gasteiger partial charge in [0.15, 0.2) is 0 Å². The number of likely N-dealkylation sites (tertiary alicyclic amines) is 1. The van der Waals surface area contributed by atoms with Crippen molar-refractivity contribution in [3.05, 3.63) is 89.2 Å². The van der Waals surface area contributed by atoms with Gasteiger partial charge in [-0.15, -0.1) is 0 Å². The highest BCUT2D eigenvalue weighted by Gasteiger charge is 2.27. The maximum atomic E-state index is 13.2. The maximum Gasteiger partial charge on any atom is 0.261 e. The van der Waals surface area contributed by atoms with E-state index in [9.17, 15) is 13.2 Å². The van der Waals surface area contributed by atoms with Crippen molar-refractivity contribution in [2.45, 2.75) is 23.7 Å². The Kier molecular flexibility index (Phi) is 6.02. The molecular formula is C25H23ClN4O3S. The molecule has 34 heavy (non-hydrogen) atoms. The van der Waals surface area contributed by atoms with Crippen LogP contribution < -0.4 is 4.72 Å². The molecule has 1 unspecified atom stereocenters. The molecule has 1 atom stereocenters. The lowest BCUT2D eigenvalue weighted by atomic mass is 9.96. The predicted octanol–water partition coefficient (Wildman–Crippen LogP) is 5.04. The topological polar surface area (TPSA) is 95.2 Å². The summed E-state index contributed by atoms with van der Waals surface area (Å²) >= 11 is 5.85. The first-order valence-corrected chi connectivity index (χ1v) is 12.9. The van der Waals surface area contributed by atoms with Crippen molar-refractivity contribution in [2.75, 3.05) is 17.8 Å². The molecule has 2 heterocycles. The quantitative estimate of drug-likeness (QED) is 0.406. The van der Waals surface area contributed by atoms with Crippen molar-refractivity contribution in [3.63, 3.8) is 0 Å². The van der Waals surface area contributed by atoms with Gasteiger partial charge in [0, 0.05) is 35.3 Å². The molecule has 1 saturated heterocycles. The van der Waals surface area contributed by atoms with Gasteiger partial charge >= 0.3 is 0 Å². The third-order valence-corrected chi connectivity index (χ3v) is 7.66. The average molecular weight is 495 g/mol. The Morgan fingerprint density at radius 2 is 1.76 bits per heavy atom. The molecule has 5 rings (SSSR count). The van der Waals surface area contributed by atoms with E-state index in [1.165, 1.54) is 12.1 Å². The van der Waals surface area contributed by atoms with Crippen molar-refractivity contribution in [2.24, 2.45) is 0 Å². The summed E-state index contributed by atoms with van der Waals surface area (Å²) in [5.74, 6) is 0.914. The maximum absolute atomic E-state index is 13.2. The van der Waals surface area contributed by atoms with Crippen LogP contribution in [0.1, 0.15) is 34.9 Å². The number of imidazole rings is 1. The highest BCUT2D eigenvalue weighted by molar-refractivity contribution is 7.92. The second kappa shape index (κ2) is 9.12. The monoisotopic (exact) mass is 494 g/mol. The minimum atomic E-state index is -3.78. The van der Waals surface area contributed by atoms with E-state index in [1.807, 2.05) is 29.2 Å². The van der Waals surface area contributed by atoms with Crippen molar-refractivity contribution in [1.82, 2.24) is 14.9 Å². The number of nitrogens with zero attached hydrogens (tertiary/aromatic N) is 2. The number of H-pyrrole nitrogens is 1. The van der Waals surface area contributed by atoms with Gasteiger partial charge in [-0.2, -0.15) is 0 Å². The summed E-state index contributed by atoms with van der Waals surface area (Å²) < 4.78 is 27.9. The molecule has 2 N–H and O–H groups in total. The summed E-state index contributed by atoms with van der Waals surface area (Å²) in [6.45, 7) is 1.23. The summed E-state index contributed by atoms with van der Waals surface area (Å²) in [4.78, 5) is 23.1. The predicted molar refractivity (Wildman–Crippen MR) is 133 cm³/mol. The third kappa shape index (κ3) is 4.64. The molecule has 1 amide bonds. The molecule has 174 valence electrons. The molecule has 1 aliphatic heterocycles. The van der Waals surface area contributed by atoms with Gasteiger partial charge in [0.1, 0.15) is 5.82 Å². The number of carbonyl (C=O) groups excluding carboxylic acids is 1. The van der Waals surface area contributed by atoms with E-state index in [4.69, 9.17) is 16.6 Å². The van der Waals surface area contributed by atoms with Crippen LogP contribution in [0, 0.1) is 0 Å². The Balaban J connectivity index is 1.29. The number of hydrogen-bond donors (Lipinski definition) is 2. The lowest BCUT2D eigenvalue weighted by Crippen LogP contribution is -2.39. The van der Waals surface area contributed by atoms with Crippen molar-refractivity contribution in [3.8, 4) is 0 Å². The molecule has 1 aromatic heterocycles. The SMILES string of the molecule is O=C(c1ccc(S(=O)(=O)Nc2ccc(Cl)cc2)cc1)N1CCCC(c2nc3ccccc3[nH]2)C1. The number of nitrogens with one attached hydrogen (secondary N) is 2. The zero-order valence-corrected chi connectivity index (χ0v) is 19.8. The second-order valence-corrected chi connectivity index (χ2v) is 10.5. The van der Waals surface area contributed by atoms with E-state index in [0.717, 1.165) is 29.7 Å². The first-order chi connectivity index (χ1) is 16.4. The number of anilines is 1. The van der Waals surface area contributed by atoms with E-state index in [1.54, 1.807) is 36.4 Å². The molecule has 0 spiro atoms. The third-order valence-electron chi connectivity index (χ3n) is 6.01. The van der Waals surface area contributed by atoms with Crippen molar-refractivity contribution < 1.29 is 13.2 Å². The van der Waals surface area contributed by atoms with Crippen LogP contribution >= 0.6 is 11.6 Å². The summed E-state index contributed by atoms with van der Waals surface area (Å²) in [6, 6.07) is 20.3. The number of rotatable bonds is 5. The minimum absolute atomic E-state index is 0.0813. The van der Waals surface area contributed by atoms with Gasteiger partial charge in [0.25, 0.3) is 15.9 Å². The Morgan fingerprint density at radius 1 is 1.03 bits per heavy atom. The van der Waals surface area contributed by atoms with Gasteiger partial charge < -0.3 is 9.88 Å². The lowest BCUT2D eigenvalue weighted by molar-refractivity contribution is 0.0705. The fourth-order valence-electron chi connectivity index (χ4n) is 4.24. The Labute approximate surface area is 202 Å². The summed E-state index contributed by atoms with van der Waals surface area (Å²) in [5.41, 5.74) is 2.78. The average Bonchev–Trinajstić information content (AvgIpc) is 3.30. The fourth-order valence-corrected chi connectivity index (χ4v) is 5.43. The Morgan fingerprint density at radius 3 is 2.50 bits per heavy atom. The van der Waals surface area contributed by atoms with Gasteiger partial charge in [-0.3, -0.25) is 9.52 Å². The second-order valence-electron chi connectivity index (χ2n) is 8.37. The number of aromatic amines is 1. The summed E-state index contributed by atoms with van der Waals surface area (Å²) in [5, 5.41) is 0.520. The van der Waals surface area contributed by atoms with Crippen LogP contribution in [0.2, 0.25) is 5.02 Å². The van der Waals surface area contributed by atoms with Crippen molar-refractivity contribution in [1.29, 1.82) is 0 Å². The number of amides is 1. The van der Waals surface area contributed by atoms with Gasteiger partial charge in [-0.25, -0.2) is 13.4 Å². The molecule has 0 saturated carbocycles. The molecule has 1 aliphatic rings. The first-order valence-electron chi connectivity index (χ1n) is 11.0. The standard InChI is InChI=1S/C25H23ClN4O3S/c26-19-9-11-20(12-10-19)29-34(32,33)21-13-7-17(8-14-21)25(31)30-15-3-4-18(16-30)24-27-22-5-1-2-6-23(22)28-24/h1-2,5-14,18,29H,3-4,15-16H2,(H,27,28). The molecule has 4 aromatic rings. The number of aromatic nitrogens is 2. The smallest absolute Gasteiger partial charge is 0.261 e.